The third-order valence-corrected chi connectivity index (χ3v) is 4.72. The molecule has 116 valence electrons. The summed E-state index contributed by atoms with van der Waals surface area (Å²) >= 11 is 0. The lowest BCUT2D eigenvalue weighted by Gasteiger charge is -2.17. The van der Waals surface area contributed by atoms with Crippen LogP contribution in [0.2, 0.25) is 0 Å². The van der Waals surface area contributed by atoms with Crippen LogP contribution in [0, 0.1) is 13.8 Å². The Hall–Kier alpha value is -2.62. The lowest BCUT2D eigenvalue weighted by Crippen LogP contribution is -2.24. The van der Waals surface area contributed by atoms with Crippen LogP contribution in [0.15, 0.2) is 42.5 Å². The van der Waals surface area contributed by atoms with Gasteiger partial charge < -0.3 is 9.88 Å². The first-order valence-electron chi connectivity index (χ1n) is 7.94. The van der Waals surface area contributed by atoms with Crippen molar-refractivity contribution in [3.8, 4) is 0 Å². The normalized spacial score (nSPS) is 18.1. The van der Waals surface area contributed by atoms with Crippen LogP contribution in [-0.2, 0) is 4.79 Å². The van der Waals surface area contributed by atoms with Gasteiger partial charge >= 0.3 is 0 Å². The van der Waals surface area contributed by atoms with Crippen molar-refractivity contribution >= 4 is 22.6 Å². The zero-order valence-electron chi connectivity index (χ0n) is 13.3. The molecule has 23 heavy (non-hydrogen) atoms. The Kier molecular flexibility index (Phi) is 3.18. The molecule has 0 aliphatic carbocycles. The van der Waals surface area contributed by atoms with E-state index in [0.717, 1.165) is 22.5 Å². The molecule has 1 aliphatic rings. The molecular weight excluding hydrogens is 286 g/mol. The fraction of sp³-hybridized carbons (Fsp3) is 0.263. The maximum Gasteiger partial charge on any atom is 0.227 e. The van der Waals surface area contributed by atoms with Gasteiger partial charge in [0.2, 0.25) is 5.91 Å². The molecule has 1 amide bonds. The zero-order chi connectivity index (χ0) is 16.0. The highest BCUT2D eigenvalue weighted by Crippen LogP contribution is 2.32. The van der Waals surface area contributed by atoms with Gasteiger partial charge in [0.25, 0.3) is 0 Å². The predicted molar refractivity (Wildman–Crippen MR) is 91.7 cm³/mol. The van der Waals surface area contributed by atoms with Gasteiger partial charge in [-0.15, -0.1) is 0 Å². The third-order valence-electron chi connectivity index (χ3n) is 4.72. The number of hydrogen-bond donors (Lipinski definition) is 1. The minimum Gasteiger partial charge on any atom is -0.342 e. The number of rotatable bonds is 2. The van der Waals surface area contributed by atoms with Crippen LogP contribution in [0.1, 0.15) is 29.3 Å². The zero-order valence-corrected chi connectivity index (χ0v) is 13.3. The SMILES string of the molecule is Cc1ccc(N2C[C@H](c3nc4ccccc4[nH]3)CC2=O)cc1C. The molecule has 1 fully saturated rings. The molecule has 0 saturated carbocycles. The average molecular weight is 305 g/mol. The van der Waals surface area contributed by atoms with Crippen LogP contribution in [-0.4, -0.2) is 22.4 Å². The molecular formula is C19H19N3O. The lowest BCUT2D eigenvalue weighted by molar-refractivity contribution is -0.117. The van der Waals surface area contributed by atoms with E-state index >= 15 is 0 Å². The van der Waals surface area contributed by atoms with Crippen molar-refractivity contribution in [2.75, 3.05) is 11.4 Å². The van der Waals surface area contributed by atoms with Crippen LogP contribution in [0.3, 0.4) is 0 Å². The number of para-hydroxylation sites is 2. The Morgan fingerprint density at radius 3 is 2.74 bits per heavy atom. The second-order valence-electron chi connectivity index (χ2n) is 6.31. The summed E-state index contributed by atoms with van der Waals surface area (Å²) < 4.78 is 0. The highest BCUT2D eigenvalue weighted by atomic mass is 16.2. The highest BCUT2D eigenvalue weighted by Gasteiger charge is 2.33. The molecule has 1 saturated heterocycles. The number of hydrogen-bond acceptors (Lipinski definition) is 2. The van der Waals surface area contributed by atoms with Crippen molar-refractivity contribution in [2.45, 2.75) is 26.2 Å². The molecule has 0 bridgehead atoms. The second-order valence-corrected chi connectivity index (χ2v) is 6.31. The quantitative estimate of drug-likeness (QED) is 0.785. The van der Waals surface area contributed by atoms with E-state index in [-0.39, 0.29) is 11.8 Å². The van der Waals surface area contributed by atoms with Crippen molar-refractivity contribution in [2.24, 2.45) is 0 Å². The summed E-state index contributed by atoms with van der Waals surface area (Å²) in [7, 11) is 0. The van der Waals surface area contributed by atoms with E-state index in [1.165, 1.54) is 11.1 Å². The number of amides is 1. The number of anilines is 1. The molecule has 1 aliphatic heterocycles. The number of nitrogens with zero attached hydrogens (tertiary/aromatic N) is 2. The van der Waals surface area contributed by atoms with Gasteiger partial charge in [-0.25, -0.2) is 4.98 Å². The molecule has 4 heteroatoms. The molecule has 2 heterocycles. The predicted octanol–water partition coefficient (Wildman–Crippen LogP) is 3.70. The summed E-state index contributed by atoms with van der Waals surface area (Å²) in [6.45, 7) is 4.85. The van der Waals surface area contributed by atoms with Crippen molar-refractivity contribution in [1.29, 1.82) is 0 Å². The maximum atomic E-state index is 12.5. The molecule has 1 aromatic heterocycles. The second kappa shape index (κ2) is 5.23. The summed E-state index contributed by atoms with van der Waals surface area (Å²) in [6.07, 6.45) is 0.507. The van der Waals surface area contributed by atoms with Gasteiger partial charge in [0.1, 0.15) is 5.82 Å². The van der Waals surface area contributed by atoms with Crippen molar-refractivity contribution in [1.82, 2.24) is 9.97 Å². The number of aromatic nitrogens is 2. The van der Waals surface area contributed by atoms with Crippen molar-refractivity contribution in [3.05, 3.63) is 59.4 Å². The van der Waals surface area contributed by atoms with Crippen LogP contribution in [0.25, 0.3) is 11.0 Å². The van der Waals surface area contributed by atoms with Crippen molar-refractivity contribution in [3.63, 3.8) is 0 Å². The van der Waals surface area contributed by atoms with Crippen LogP contribution in [0.5, 0.6) is 0 Å². The van der Waals surface area contributed by atoms with Gasteiger partial charge in [0, 0.05) is 24.6 Å². The highest BCUT2D eigenvalue weighted by molar-refractivity contribution is 5.96. The number of nitrogens with one attached hydrogen (secondary N) is 1. The largest absolute Gasteiger partial charge is 0.342 e. The number of carbonyl (C=O) groups is 1. The van der Waals surface area contributed by atoms with Crippen LogP contribution < -0.4 is 4.90 Å². The van der Waals surface area contributed by atoms with Gasteiger partial charge in [-0.2, -0.15) is 0 Å². The number of imidazole rings is 1. The number of benzene rings is 2. The summed E-state index contributed by atoms with van der Waals surface area (Å²) in [4.78, 5) is 22.3. The van der Waals surface area contributed by atoms with E-state index in [2.05, 4.69) is 35.9 Å². The third kappa shape index (κ3) is 2.40. The first kappa shape index (κ1) is 14.0. The average Bonchev–Trinajstić information content (AvgIpc) is 3.13. The van der Waals surface area contributed by atoms with Gasteiger partial charge in [0.05, 0.1) is 11.0 Å². The molecule has 4 rings (SSSR count). The Morgan fingerprint density at radius 1 is 1.13 bits per heavy atom. The van der Waals surface area contributed by atoms with Gasteiger partial charge in [-0.1, -0.05) is 18.2 Å². The number of aromatic amines is 1. The van der Waals surface area contributed by atoms with E-state index in [4.69, 9.17) is 0 Å². The van der Waals surface area contributed by atoms with E-state index < -0.39 is 0 Å². The number of fused-ring (bicyclic) bond motifs is 1. The molecule has 3 aromatic rings. The molecule has 1 atom stereocenters. The van der Waals surface area contributed by atoms with E-state index in [9.17, 15) is 4.79 Å². The van der Waals surface area contributed by atoms with Gasteiger partial charge in [0.15, 0.2) is 0 Å². The summed E-state index contributed by atoms with van der Waals surface area (Å²) in [5.74, 6) is 1.20. The topological polar surface area (TPSA) is 49.0 Å². The molecule has 2 aromatic carbocycles. The summed E-state index contributed by atoms with van der Waals surface area (Å²) in [5.41, 5.74) is 5.42. The fourth-order valence-corrected chi connectivity index (χ4v) is 3.20. The standard InChI is InChI=1S/C19H19N3O/c1-12-7-8-15(9-13(12)2)22-11-14(10-18(22)23)19-20-16-5-3-4-6-17(16)21-19/h3-9,14H,10-11H2,1-2H3,(H,20,21)/t14-/m1/s1. The minimum absolute atomic E-state index is 0.122. The maximum absolute atomic E-state index is 12.5. The molecule has 0 unspecified atom stereocenters. The Labute approximate surface area is 135 Å². The number of H-pyrrole nitrogens is 1. The van der Waals surface area contributed by atoms with Gasteiger partial charge in [-0.3, -0.25) is 4.79 Å². The van der Waals surface area contributed by atoms with Crippen LogP contribution >= 0.6 is 0 Å². The van der Waals surface area contributed by atoms with E-state index in [1.807, 2.05) is 35.2 Å². The minimum atomic E-state index is 0.122. The number of carbonyl (C=O) groups excluding carboxylic acids is 1. The van der Waals surface area contributed by atoms with Crippen LogP contribution in [0.4, 0.5) is 5.69 Å². The molecule has 1 N–H and O–H groups in total. The fourth-order valence-electron chi connectivity index (χ4n) is 3.20. The van der Waals surface area contributed by atoms with Crippen molar-refractivity contribution < 1.29 is 4.79 Å². The van der Waals surface area contributed by atoms with E-state index in [1.54, 1.807) is 0 Å². The monoisotopic (exact) mass is 305 g/mol. The Balaban J connectivity index is 1.63. The smallest absolute Gasteiger partial charge is 0.227 e. The van der Waals surface area contributed by atoms with E-state index in [0.29, 0.717) is 13.0 Å². The molecule has 0 radical (unpaired) electrons. The first-order chi connectivity index (χ1) is 11.1. The summed E-state index contributed by atoms with van der Waals surface area (Å²) in [5, 5.41) is 0. The number of aryl methyl sites for hydroxylation is 2. The van der Waals surface area contributed by atoms with Gasteiger partial charge in [-0.05, 0) is 49.2 Å². The lowest BCUT2D eigenvalue weighted by atomic mass is 10.1. The Bertz CT molecular complexity index is 864. The molecule has 0 spiro atoms. The Morgan fingerprint density at radius 2 is 1.96 bits per heavy atom. The summed E-state index contributed by atoms with van der Waals surface area (Å²) in [6, 6.07) is 14.2. The first-order valence-corrected chi connectivity index (χ1v) is 7.94. The molecule has 4 nitrogen and oxygen atoms in total.